The Morgan fingerprint density at radius 3 is 2.50 bits per heavy atom. The molecule has 0 spiro atoms. The summed E-state index contributed by atoms with van der Waals surface area (Å²) in [7, 11) is 3.50. The summed E-state index contributed by atoms with van der Waals surface area (Å²) in [5, 5.41) is 7.04. The minimum atomic E-state index is 0.0481. The Labute approximate surface area is 180 Å². The van der Waals surface area contributed by atoms with Gasteiger partial charge in [0.05, 0.1) is 13.2 Å². The normalized spacial score (nSPS) is 21.2. The van der Waals surface area contributed by atoms with E-state index in [1.54, 1.807) is 14.2 Å². The summed E-state index contributed by atoms with van der Waals surface area (Å²) in [6.45, 7) is 8.51. The maximum Gasteiger partial charge on any atom is 0.225 e. The lowest BCUT2D eigenvalue weighted by Crippen LogP contribution is -2.47. The molecule has 1 aromatic rings. The molecule has 2 fully saturated rings. The van der Waals surface area contributed by atoms with Crippen molar-refractivity contribution < 1.29 is 9.53 Å². The summed E-state index contributed by atoms with van der Waals surface area (Å²) in [5.74, 6) is 1.96. The van der Waals surface area contributed by atoms with Crippen LogP contribution in [0.5, 0.6) is 5.75 Å². The van der Waals surface area contributed by atoms with Crippen molar-refractivity contribution in [2.75, 3.05) is 46.9 Å². The highest BCUT2D eigenvalue weighted by Crippen LogP contribution is 2.26. The number of hydrogen-bond acceptors (Lipinski definition) is 4. The van der Waals surface area contributed by atoms with Crippen molar-refractivity contribution >= 4 is 11.9 Å². The SMILES string of the molecule is CN=C(NCC(c1ccc(OC)cc1)N1CCCC1)NC1CCN(C(=O)C(C)C)C1. The van der Waals surface area contributed by atoms with Gasteiger partial charge in [0.1, 0.15) is 5.75 Å². The average Bonchev–Trinajstić information content (AvgIpc) is 3.45. The van der Waals surface area contributed by atoms with Crippen molar-refractivity contribution in [2.24, 2.45) is 10.9 Å². The molecule has 2 saturated heterocycles. The van der Waals surface area contributed by atoms with Crippen LogP contribution in [0.4, 0.5) is 0 Å². The molecule has 30 heavy (non-hydrogen) atoms. The molecule has 7 nitrogen and oxygen atoms in total. The van der Waals surface area contributed by atoms with Gasteiger partial charge < -0.3 is 20.3 Å². The van der Waals surface area contributed by atoms with E-state index in [2.05, 4.69) is 32.7 Å². The Morgan fingerprint density at radius 1 is 1.20 bits per heavy atom. The number of ether oxygens (including phenoxy) is 1. The van der Waals surface area contributed by atoms with Gasteiger partial charge in [0, 0.05) is 38.6 Å². The molecule has 2 N–H and O–H groups in total. The van der Waals surface area contributed by atoms with Crippen molar-refractivity contribution in [1.82, 2.24) is 20.4 Å². The number of aliphatic imine (C=N–C) groups is 1. The molecule has 7 heteroatoms. The summed E-state index contributed by atoms with van der Waals surface area (Å²) in [6.07, 6.45) is 3.45. The van der Waals surface area contributed by atoms with Gasteiger partial charge >= 0.3 is 0 Å². The van der Waals surface area contributed by atoms with Crippen LogP contribution in [0.15, 0.2) is 29.3 Å². The van der Waals surface area contributed by atoms with E-state index < -0.39 is 0 Å². The first-order valence-electron chi connectivity index (χ1n) is 11.2. The zero-order valence-electron chi connectivity index (χ0n) is 18.9. The Hall–Kier alpha value is -2.28. The number of hydrogen-bond donors (Lipinski definition) is 2. The van der Waals surface area contributed by atoms with Crippen LogP contribution in [-0.4, -0.2) is 74.6 Å². The topological polar surface area (TPSA) is 69.2 Å². The van der Waals surface area contributed by atoms with Crippen LogP contribution in [0.2, 0.25) is 0 Å². The zero-order chi connectivity index (χ0) is 21.5. The monoisotopic (exact) mass is 415 g/mol. The van der Waals surface area contributed by atoms with Gasteiger partial charge in [0.15, 0.2) is 5.96 Å². The lowest BCUT2D eigenvalue weighted by atomic mass is 10.1. The molecule has 0 radical (unpaired) electrons. The quantitative estimate of drug-likeness (QED) is 0.528. The highest BCUT2D eigenvalue weighted by molar-refractivity contribution is 5.81. The zero-order valence-corrected chi connectivity index (χ0v) is 18.9. The number of carbonyl (C=O) groups excluding carboxylic acids is 1. The number of nitrogens with zero attached hydrogens (tertiary/aromatic N) is 3. The van der Waals surface area contributed by atoms with Gasteiger partial charge in [-0.3, -0.25) is 14.7 Å². The Bertz CT molecular complexity index is 713. The van der Waals surface area contributed by atoms with Gasteiger partial charge in [0.25, 0.3) is 0 Å². The van der Waals surface area contributed by atoms with Gasteiger partial charge in [-0.25, -0.2) is 0 Å². The minimum absolute atomic E-state index is 0.0481. The molecule has 2 aliphatic heterocycles. The van der Waals surface area contributed by atoms with E-state index in [1.807, 2.05) is 30.9 Å². The fourth-order valence-corrected chi connectivity index (χ4v) is 4.36. The van der Waals surface area contributed by atoms with Crippen LogP contribution in [0.25, 0.3) is 0 Å². The lowest BCUT2D eigenvalue weighted by molar-refractivity contribution is -0.133. The molecule has 3 rings (SSSR count). The third kappa shape index (κ3) is 5.65. The standard InChI is InChI=1S/C23H37N5O2/c1-17(2)22(29)28-14-11-19(16-28)26-23(24-3)25-15-21(27-12-5-6-13-27)18-7-9-20(30-4)10-8-18/h7-10,17,19,21H,5-6,11-16H2,1-4H3,(H2,24,25,26). The number of guanidine groups is 1. The second-order valence-electron chi connectivity index (χ2n) is 8.55. The summed E-state index contributed by atoms with van der Waals surface area (Å²) in [4.78, 5) is 21.2. The predicted octanol–water partition coefficient (Wildman–Crippen LogP) is 2.25. The number of rotatable bonds is 7. The van der Waals surface area contributed by atoms with Crippen LogP contribution in [-0.2, 0) is 4.79 Å². The fraction of sp³-hybridized carbons (Fsp3) is 0.652. The van der Waals surface area contributed by atoms with Gasteiger partial charge in [-0.05, 0) is 50.0 Å². The maximum atomic E-state index is 12.2. The molecule has 166 valence electrons. The number of amides is 1. The summed E-state index contributed by atoms with van der Waals surface area (Å²) in [6, 6.07) is 8.91. The number of nitrogens with one attached hydrogen (secondary N) is 2. The Balaban J connectivity index is 1.58. The van der Waals surface area contributed by atoms with Crippen LogP contribution >= 0.6 is 0 Å². The van der Waals surface area contributed by atoms with Crippen LogP contribution in [0.3, 0.4) is 0 Å². The van der Waals surface area contributed by atoms with Crippen LogP contribution in [0.1, 0.15) is 44.7 Å². The Morgan fingerprint density at radius 2 is 1.90 bits per heavy atom. The first-order chi connectivity index (χ1) is 14.5. The molecule has 0 aliphatic carbocycles. The third-order valence-corrected chi connectivity index (χ3v) is 6.10. The van der Waals surface area contributed by atoms with E-state index in [9.17, 15) is 4.79 Å². The number of methoxy groups -OCH3 is 1. The van der Waals surface area contributed by atoms with Crippen molar-refractivity contribution in [2.45, 2.75) is 45.2 Å². The highest BCUT2D eigenvalue weighted by atomic mass is 16.5. The molecule has 1 aromatic carbocycles. The molecule has 2 unspecified atom stereocenters. The third-order valence-electron chi connectivity index (χ3n) is 6.10. The van der Waals surface area contributed by atoms with E-state index in [0.29, 0.717) is 6.04 Å². The maximum absolute atomic E-state index is 12.2. The summed E-state index contributed by atoms with van der Waals surface area (Å²) < 4.78 is 5.32. The van der Waals surface area contributed by atoms with E-state index in [0.717, 1.165) is 50.9 Å². The van der Waals surface area contributed by atoms with E-state index >= 15 is 0 Å². The fourth-order valence-electron chi connectivity index (χ4n) is 4.36. The van der Waals surface area contributed by atoms with Gasteiger partial charge in [-0.1, -0.05) is 26.0 Å². The minimum Gasteiger partial charge on any atom is -0.497 e. The molecular weight excluding hydrogens is 378 g/mol. The van der Waals surface area contributed by atoms with Crippen molar-refractivity contribution in [3.63, 3.8) is 0 Å². The molecule has 0 saturated carbocycles. The number of carbonyl (C=O) groups is 1. The second kappa shape index (κ2) is 10.7. The Kier molecular flexibility index (Phi) is 7.96. The van der Waals surface area contributed by atoms with Gasteiger partial charge in [0.2, 0.25) is 5.91 Å². The average molecular weight is 416 g/mol. The predicted molar refractivity (Wildman–Crippen MR) is 121 cm³/mol. The van der Waals surface area contributed by atoms with Crippen molar-refractivity contribution in [1.29, 1.82) is 0 Å². The molecule has 0 bridgehead atoms. The van der Waals surface area contributed by atoms with E-state index in [4.69, 9.17) is 4.74 Å². The van der Waals surface area contributed by atoms with Crippen LogP contribution < -0.4 is 15.4 Å². The molecule has 2 aliphatic rings. The number of likely N-dealkylation sites (tertiary alicyclic amines) is 2. The van der Waals surface area contributed by atoms with Crippen molar-refractivity contribution in [3.05, 3.63) is 29.8 Å². The first kappa shape index (κ1) is 22.4. The van der Waals surface area contributed by atoms with Gasteiger partial charge in [-0.15, -0.1) is 0 Å². The van der Waals surface area contributed by atoms with Gasteiger partial charge in [-0.2, -0.15) is 0 Å². The van der Waals surface area contributed by atoms with Crippen molar-refractivity contribution in [3.8, 4) is 5.75 Å². The molecule has 0 aromatic heterocycles. The second-order valence-corrected chi connectivity index (χ2v) is 8.55. The number of benzene rings is 1. The van der Waals surface area contributed by atoms with E-state index in [-0.39, 0.29) is 17.9 Å². The molecular formula is C23H37N5O2. The first-order valence-corrected chi connectivity index (χ1v) is 11.2. The lowest BCUT2D eigenvalue weighted by Gasteiger charge is -2.29. The van der Waals surface area contributed by atoms with E-state index in [1.165, 1.54) is 18.4 Å². The largest absolute Gasteiger partial charge is 0.497 e. The van der Waals surface area contributed by atoms with Crippen LogP contribution in [0, 0.1) is 5.92 Å². The summed E-state index contributed by atoms with van der Waals surface area (Å²) in [5.41, 5.74) is 1.29. The molecule has 2 heterocycles. The smallest absolute Gasteiger partial charge is 0.225 e. The molecule has 2 atom stereocenters. The highest BCUT2D eigenvalue weighted by Gasteiger charge is 2.28. The molecule has 1 amide bonds. The summed E-state index contributed by atoms with van der Waals surface area (Å²) >= 11 is 0.